The van der Waals surface area contributed by atoms with Gasteiger partial charge in [-0.05, 0) is 42.5 Å². The number of para-hydroxylation sites is 1. The Hall–Kier alpha value is -4.84. The number of Topliss-reactive ketones (excluding diaryl/α,β-unsaturated/α-hetero) is 2. The number of phenols is 1. The van der Waals surface area contributed by atoms with Crippen molar-refractivity contribution in [1.29, 1.82) is 0 Å². The number of fused-ring (bicyclic) bond motifs is 3. The van der Waals surface area contributed by atoms with Crippen LogP contribution in [0.25, 0.3) is 5.76 Å². The van der Waals surface area contributed by atoms with Crippen LogP contribution in [0.5, 0.6) is 11.5 Å². The first kappa shape index (κ1) is 27.7. The Labute approximate surface area is 234 Å². The van der Waals surface area contributed by atoms with Gasteiger partial charge in [0.2, 0.25) is 5.78 Å². The number of benzene rings is 2. The van der Waals surface area contributed by atoms with E-state index in [-0.39, 0.29) is 36.1 Å². The van der Waals surface area contributed by atoms with Crippen molar-refractivity contribution < 1.29 is 44.3 Å². The van der Waals surface area contributed by atoms with E-state index < -0.39 is 70.3 Å². The molecule has 5 rings (SSSR count). The molecule has 0 spiro atoms. The van der Waals surface area contributed by atoms with Crippen LogP contribution in [0.2, 0.25) is 0 Å². The highest BCUT2D eigenvalue weighted by molar-refractivity contribution is 6.22. The number of anilines is 1. The zero-order valence-corrected chi connectivity index (χ0v) is 22.3. The SMILES string of the molecule is CN(C)c1cc(CNC(=O)Oc2ccccc2)c(O)c2c1CC1CC3CC(=O)C(C(N)=O)=C(O)C3(O)C(=O)C1=C2O. The summed E-state index contributed by atoms with van der Waals surface area (Å²) in [7, 11) is 3.51. The van der Waals surface area contributed by atoms with Gasteiger partial charge in [-0.25, -0.2) is 4.79 Å². The number of phenolic OH excluding ortho intramolecular Hbond substituents is 1. The number of nitrogens with two attached hydrogens (primary N) is 1. The lowest BCUT2D eigenvalue weighted by molar-refractivity contribution is -0.147. The zero-order valence-electron chi connectivity index (χ0n) is 22.3. The fourth-order valence-electron chi connectivity index (χ4n) is 6.06. The standard InChI is InChI=1S/C29H29N3O9/c1-32(2)18-10-14(12-31-28(39)41-16-6-4-3-5-7-16)23(34)21-17(18)9-13-8-15-11-19(33)22(27(30)38)26(37)29(15,40)25(36)20(13)24(21)35/h3-7,10,13,15,34-35,37,40H,8-9,11-12H2,1-2H3,(H2,30,38)(H,31,39). The Morgan fingerprint density at radius 1 is 1.12 bits per heavy atom. The summed E-state index contributed by atoms with van der Waals surface area (Å²) in [5, 5.41) is 47.4. The van der Waals surface area contributed by atoms with Crippen molar-refractivity contribution in [3.05, 3.63) is 70.0 Å². The number of aliphatic hydroxyl groups excluding tert-OH is 2. The first-order valence-corrected chi connectivity index (χ1v) is 12.9. The van der Waals surface area contributed by atoms with Crippen LogP contribution < -0.4 is 20.7 Å². The third-order valence-corrected chi connectivity index (χ3v) is 7.98. The predicted molar refractivity (Wildman–Crippen MR) is 145 cm³/mol. The van der Waals surface area contributed by atoms with Gasteiger partial charge in [0.15, 0.2) is 11.4 Å². The molecule has 2 aromatic carbocycles. The molecule has 3 aliphatic carbocycles. The van der Waals surface area contributed by atoms with Crippen LogP contribution in [0.15, 0.2) is 53.3 Å². The highest BCUT2D eigenvalue weighted by Crippen LogP contribution is 2.53. The second kappa shape index (κ2) is 9.97. The molecule has 3 unspecified atom stereocenters. The van der Waals surface area contributed by atoms with Crippen molar-refractivity contribution in [3.63, 3.8) is 0 Å². The van der Waals surface area contributed by atoms with Gasteiger partial charge < -0.3 is 41.1 Å². The average Bonchev–Trinajstić information content (AvgIpc) is 2.90. The average molecular weight is 564 g/mol. The van der Waals surface area contributed by atoms with E-state index in [0.717, 1.165) is 0 Å². The molecule has 0 aromatic heterocycles. The molecule has 0 aliphatic heterocycles. The fraction of sp³-hybridized carbons (Fsp3) is 0.310. The monoisotopic (exact) mass is 563 g/mol. The molecule has 1 fully saturated rings. The lowest BCUT2D eigenvalue weighted by Crippen LogP contribution is -2.58. The van der Waals surface area contributed by atoms with Gasteiger partial charge in [0, 0.05) is 49.8 Å². The Kier molecular flexibility index (Phi) is 6.74. The molecule has 0 heterocycles. The quantitative estimate of drug-likeness (QED) is 0.291. The number of rotatable bonds is 5. The third-order valence-electron chi connectivity index (χ3n) is 7.98. The minimum absolute atomic E-state index is 0.0329. The van der Waals surface area contributed by atoms with Crippen molar-refractivity contribution in [3.8, 4) is 11.5 Å². The van der Waals surface area contributed by atoms with Gasteiger partial charge in [-0.3, -0.25) is 14.4 Å². The minimum Gasteiger partial charge on any atom is -0.508 e. The zero-order chi connectivity index (χ0) is 29.8. The number of amides is 2. The van der Waals surface area contributed by atoms with E-state index >= 15 is 0 Å². The maximum atomic E-state index is 13.7. The van der Waals surface area contributed by atoms with Crippen molar-refractivity contribution in [1.82, 2.24) is 5.32 Å². The lowest BCUT2D eigenvalue weighted by atomic mass is 9.59. The van der Waals surface area contributed by atoms with Crippen LogP contribution in [0, 0.1) is 11.8 Å². The summed E-state index contributed by atoms with van der Waals surface area (Å²) < 4.78 is 5.22. The minimum atomic E-state index is -2.64. The highest BCUT2D eigenvalue weighted by atomic mass is 16.6. The van der Waals surface area contributed by atoms with Crippen LogP contribution in [0.3, 0.4) is 0 Å². The van der Waals surface area contributed by atoms with E-state index in [4.69, 9.17) is 10.5 Å². The Bertz CT molecular complexity index is 1560. The van der Waals surface area contributed by atoms with Gasteiger partial charge in [0.05, 0.1) is 5.56 Å². The molecule has 0 radical (unpaired) electrons. The number of primary amides is 1. The molecule has 0 saturated heterocycles. The normalized spacial score (nSPS) is 23.4. The van der Waals surface area contributed by atoms with Gasteiger partial charge in [0.1, 0.15) is 28.6 Å². The van der Waals surface area contributed by atoms with Crippen molar-refractivity contribution in [2.75, 3.05) is 19.0 Å². The largest absolute Gasteiger partial charge is 0.508 e. The number of aromatic hydroxyl groups is 1. The summed E-state index contributed by atoms with van der Waals surface area (Å²) in [6.07, 6.45) is -0.973. The summed E-state index contributed by atoms with van der Waals surface area (Å²) >= 11 is 0. The third kappa shape index (κ3) is 4.36. The van der Waals surface area contributed by atoms with Gasteiger partial charge in [-0.15, -0.1) is 0 Å². The number of aliphatic hydroxyl groups is 3. The molecule has 12 heteroatoms. The summed E-state index contributed by atoms with van der Waals surface area (Å²) in [5.41, 5.74) is 2.78. The maximum absolute atomic E-state index is 13.7. The Morgan fingerprint density at radius 2 is 1.80 bits per heavy atom. The van der Waals surface area contributed by atoms with Crippen LogP contribution in [0.4, 0.5) is 10.5 Å². The molecule has 0 bridgehead atoms. The molecule has 7 N–H and O–H groups in total. The van der Waals surface area contributed by atoms with Gasteiger partial charge in [-0.2, -0.15) is 0 Å². The first-order valence-electron chi connectivity index (χ1n) is 12.9. The Morgan fingerprint density at radius 3 is 2.44 bits per heavy atom. The molecule has 2 amide bonds. The van der Waals surface area contributed by atoms with E-state index in [1.165, 1.54) is 0 Å². The van der Waals surface area contributed by atoms with Crippen LogP contribution in [-0.2, 0) is 27.3 Å². The molecule has 2 aromatic rings. The van der Waals surface area contributed by atoms with Crippen molar-refractivity contribution in [2.24, 2.45) is 17.6 Å². The molecule has 12 nitrogen and oxygen atoms in total. The summed E-state index contributed by atoms with van der Waals surface area (Å²) in [6.45, 7) is -0.189. The van der Waals surface area contributed by atoms with Gasteiger partial charge >= 0.3 is 6.09 Å². The predicted octanol–water partition coefficient (Wildman–Crippen LogP) is 1.78. The van der Waals surface area contributed by atoms with Crippen LogP contribution in [-0.4, -0.2) is 63.7 Å². The summed E-state index contributed by atoms with van der Waals surface area (Å²) in [6, 6.07) is 10.0. The van der Waals surface area contributed by atoms with Crippen molar-refractivity contribution in [2.45, 2.75) is 31.4 Å². The summed E-state index contributed by atoms with van der Waals surface area (Å²) in [5.74, 6) is -6.66. The van der Waals surface area contributed by atoms with Crippen LogP contribution >= 0.6 is 0 Å². The molecule has 3 aliphatic rings. The van der Waals surface area contributed by atoms with Crippen molar-refractivity contribution >= 4 is 35.0 Å². The molecule has 1 saturated carbocycles. The maximum Gasteiger partial charge on any atom is 0.412 e. The first-order chi connectivity index (χ1) is 19.4. The Balaban J connectivity index is 1.56. The molecule has 41 heavy (non-hydrogen) atoms. The van der Waals surface area contributed by atoms with E-state index in [1.807, 2.05) is 0 Å². The number of hydrogen-bond acceptors (Lipinski definition) is 10. The van der Waals surface area contributed by atoms with E-state index in [1.54, 1.807) is 55.4 Å². The van der Waals surface area contributed by atoms with E-state index in [0.29, 0.717) is 17.0 Å². The highest BCUT2D eigenvalue weighted by Gasteiger charge is 2.60. The number of ketones is 2. The smallest absolute Gasteiger partial charge is 0.412 e. The number of carbonyl (C=O) groups is 4. The van der Waals surface area contributed by atoms with E-state index in [9.17, 15) is 39.6 Å². The topological polar surface area (TPSA) is 200 Å². The lowest BCUT2D eigenvalue weighted by Gasteiger charge is -2.46. The summed E-state index contributed by atoms with van der Waals surface area (Å²) in [4.78, 5) is 52.2. The molecule has 214 valence electrons. The second-order valence-electron chi connectivity index (χ2n) is 10.6. The number of nitrogens with one attached hydrogen (secondary N) is 1. The molecular formula is C29H29N3O9. The number of nitrogens with zero attached hydrogens (tertiary/aromatic N) is 1. The van der Waals surface area contributed by atoms with Crippen LogP contribution in [0.1, 0.15) is 29.5 Å². The fourth-order valence-corrected chi connectivity index (χ4v) is 6.06. The molecular weight excluding hydrogens is 534 g/mol. The van der Waals surface area contributed by atoms with E-state index in [2.05, 4.69) is 5.32 Å². The number of hydrogen-bond donors (Lipinski definition) is 6. The van der Waals surface area contributed by atoms with Gasteiger partial charge in [-0.1, -0.05) is 18.2 Å². The second-order valence-corrected chi connectivity index (χ2v) is 10.6. The number of carbonyl (C=O) groups excluding carboxylic acids is 4. The van der Waals surface area contributed by atoms with Gasteiger partial charge in [0.25, 0.3) is 5.91 Å². The number of ether oxygens (including phenoxy) is 1. The molecule has 3 atom stereocenters.